The van der Waals surface area contributed by atoms with Crippen LogP contribution in [-0.4, -0.2) is 9.97 Å². The summed E-state index contributed by atoms with van der Waals surface area (Å²) in [5, 5.41) is 5.68. The van der Waals surface area contributed by atoms with Crippen LogP contribution in [0.3, 0.4) is 0 Å². The van der Waals surface area contributed by atoms with Gasteiger partial charge in [0.25, 0.3) is 0 Å². The minimum atomic E-state index is 0.645. The summed E-state index contributed by atoms with van der Waals surface area (Å²) in [5.74, 6) is 0. The molecule has 0 spiro atoms. The normalized spacial score (nSPS) is 10.4. The van der Waals surface area contributed by atoms with E-state index in [0.717, 1.165) is 16.2 Å². The first-order chi connectivity index (χ1) is 9.83. The Hall–Kier alpha value is -2.26. The molecule has 0 aliphatic rings. The van der Waals surface area contributed by atoms with Crippen molar-refractivity contribution in [2.24, 2.45) is 0 Å². The van der Waals surface area contributed by atoms with E-state index in [9.17, 15) is 0 Å². The van der Waals surface area contributed by atoms with Gasteiger partial charge in [-0.1, -0.05) is 54.7 Å². The number of aromatic nitrogens is 1. The Labute approximate surface area is 123 Å². The molecule has 0 saturated carbocycles. The molecule has 98 valence electrons. The van der Waals surface area contributed by atoms with Gasteiger partial charge in [0.15, 0.2) is 0 Å². The van der Waals surface area contributed by atoms with Gasteiger partial charge in [-0.15, -0.1) is 0 Å². The van der Waals surface area contributed by atoms with Gasteiger partial charge in [0.05, 0.1) is 12.2 Å². The van der Waals surface area contributed by atoms with Crippen molar-refractivity contribution in [2.45, 2.75) is 6.54 Å². The molecule has 0 bridgehead atoms. The summed E-state index contributed by atoms with van der Waals surface area (Å²) >= 11 is 5.44. The molecule has 0 saturated heterocycles. The summed E-state index contributed by atoms with van der Waals surface area (Å²) < 4.78 is 0. The smallest absolute Gasteiger partial charge is 0.106 e. The van der Waals surface area contributed by atoms with Crippen LogP contribution in [0.5, 0.6) is 0 Å². The molecule has 1 N–H and O–H groups in total. The summed E-state index contributed by atoms with van der Waals surface area (Å²) in [4.78, 5) is 5.02. The van der Waals surface area contributed by atoms with E-state index in [2.05, 4.69) is 40.6 Å². The fourth-order valence-electron chi connectivity index (χ4n) is 2.11. The zero-order valence-corrected chi connectivity index (χ0v) is 11.7. The lowest BCUT2D eigenvalue weighted by atomic mass is 10.1. The maximum absolute atomic E-state index is 5.44. The number of thiocarbonyl (C=S) groups is 1. The second-order valence-corrected chi connectivity index (χ2v) is 4.97. The van der Waals surface area contributed by atoms with Crippen LogP contribution < -0.4 is 5.32 Å². The fraction of sp³-hybridized carbons (Fsp3) is 0.0588. The first kappa shape index (κ1) is 12.8. The van der Waals surface area contributed by atoms with Crippen LogP contribution >= 0.6 is 12.2 Å². The molecule has 3 rings (SSSR count). The van der Waals surface area contributed by atoms with Crippen LogP contribution in [-0.2, 0) is 6.54 Å². The van der Waals surface area contributed by atoms with Crippen LogP contribution in [0.1, 0.15) is 11.3 Å². The first-order valence-corrected chi connectivity index (χ1v) is 6.91. The SMILES string of the molecule is S=C(NCc1ccccn1)c1ccc2ccccc2c1. The molecule has 0 aliphatic heterocycles. The van der Waals surface area contributed by atoms with E-state index in [4.69, 9.17) is 12.2 Å². The molecule has 1 aromatic heterocycles. The van der Waals surface area contributed by atoms with Gasteiger partial charge in [-0.25, -0.2) is 0 Å². The molecule has 20 heavy (non-hydrogen) atoms. The zero-order valence-electron chi connectivity index (χ0n) is 10.9. The van der Waals surface area contributed by atoms with Crippen LogP contribution in [0.25, 0.3) is 10.8 Å². The number of benzene rings is 2. The number of hydrogen-bond donors (Lipinski definition) is 1. The Bertz CT molecular complexity index is 738. The van der Waals surface area contributed by atoms with E-state index in [-0.39, 0.29) is 0 Å². The van der Waals surface area contributed by atoms with Crippen molar-refractivity contribution in [1.29, 1.82) is 0 Å². The van der Waals surface area contributed by atoms with Gasteiger partial charge in [0.2, 0.25) is 0 Å². The Morgan fingerprint density at radius 1 is 0.950 bits per heavy atom. The van der Waals surface area contributed by atoms with Gasteiger partial charge in [0.1, 0.15) is 4.99 Å². The molecule has 0 aliphatic carbocycles. The second-order valence-electron chi connectivity index (χ2n) is 4.57. The van der Waals surface area contributed by atoms with E-state index >= 15 is 0 Å². The predicted molar refractivity (Wildman–Crippen MR) is 86.7 cm³/mol. The summed E-state index contributed by atoms with van der Waals surface area (Å²) in [5.41, 5.74) is 2.02. The number of pyridine rings is 1. The minimum Gasteiger partial charge on any atom is -0.370 e. The summed E-state index contributed by atoms with van der Waals surface area (Å²) in [7, 11) is 0. The van der Waals surface area contributed by atoms with E-state index in [1.807, 2.05) is 30.3 Å². The molecule has 2 nitrogen and oxygen atoms in total. The number of nitrogens with one attached hydrogen (secondary N) is 1. The number of rotatable bonds is 3. The van der Waals surface area contributed by atoms with Crippen molar-refractivity contribution in [3.8, 4) is 0 Å². The van der Waals surface area contributed by atoms with Crippen LogP contribution in [0, 0.1) is 0 Å². The minimum absolute atomic E-state index is 0.645. The highest BCUT2D eigenvalue weighted by atomic mass is 32.1. The largest absolute Gasteiger partial charge is 0.370 e. The highest BCUT2D eigenvalue weighted by molar-refractivity contribution is 7.80. The molecule has 3 aromatic rings. The van der Waals surface area contributed by atoms with Crippen molar-refractivity contribution < 1.29 is 0 Å². The maximum Gasteiger partial charge on any atom is 0.106 e. The van der Waals surface area contributed by atoms with E-state index < -0.39 is 0 Å². The predicted octanol–water partition coefficient (Wildman–Crippen LogP) is 3.70. The van der Waals surface area contributed by atoms with Gasteiger partial charge in [-0.05, 0) is 29.0 Å². The van der Waals surface area contributed by atoms with Crippen molar-refractivity contribution in [1.82, 2.24) is 10.3 Å². The third-order valence-corrected chi connectivity index (χ3v) is 3.55. The third kappa shape index (κ3) is 2.83. The maximum atomic E-state index is 5.44. The topological polar surface area (TPSA) is 24.9 Å². The van der Waals surface area contributed by atoms with E-state index in [0.29, 0.717) is 6.54 Å². The fourth-order valence-corrected chi connectivity index (χ4v) is 2.31. The highest BCUT2D eigenvalue weighted by Gasteiger charge is 2.02. The van der Waals surface area contributed by atoms with Crippen LogP contribution in [0.4, 0.5) is 0 Å². The molecular weight excluding hydrogens is 264 g/mol. The average Bonchev–Trinajstić information content (AvgIpc) is 2.53. The lowest BCUT2D eigenvalue weighted by Crippen LogP contribution is -2.22. The quantitative estimate of drug-likeness (QED) is 0.739. The summed E-state index contributed by atoms with van der Waals surface area (Å²) in [6, 6.07) is 20.4. The van der Waals surface area contributed by atoms with Gasteiger partial charge < -0.3 is 5.32 Å². The molecule has 0 radical (unpaired) electrons. The van der Waals surface area contributed by atoms with Crippen molar-refractivity contribution in [2.75, 3.05) is 0 Å². The number of hydrogen-bond acceptors (Lipinski definition) is 2. The Kier molecular flexibility index (Phi) is 3.70. The third-order valence-electron chi connectivity index (χ3n) is 3.17. The van der Waals surface area contributed by atoms with Crippen LogP contribution in [0.15, 0.2) is 66.9 Å². The Morgan fingerprint density at radius 3 is 2.55 bits per heavy atom. The van der Waals surface area contributed by atoms with Gasteiger partial charge >= 0.3 is 0 Å². The van der Waals surface area contributed by atoms with E-state index in [1.54, 1.807) is 6.20 Å². The molecule has 1 heterocycles. The lowest BCUT2D eigenvalue weighted by Gasteiger charge is -2.08. The molecule has 0 fully saturated rings. The van der Waals surface area contributed by atoms with Gasteiger partial charge in [-0.2, -0.15) is 0 Å². The Balaban J connectivity index is 1.75. The number of nitrogens with zero attached hydrogens (tertiary/aromatic N) is 1. The standard InChI is InChI=1S/C17H14N2S/c20-17(19-12-16-7-3-4-10-18-16)15-9-8-13-5-1-2-6-14(13)11-15/h1-11H,12H2,(H,19,20). The summed E-state index contributed by atoms with van der Waals surface area (Å²) in [6.45, 7) is 0.645. The average molecular weight is 278 g/mol. The molecule has 0 amide bonds. The molecule has 0 unspecified atom stereocenters. The number of fused-ring (bicyclic) bond motifs is 1. The molecule has 2 aromatic carbocycles. The van der Waals surface area contributed by atoms with Crippen molar-refractivity contribution in [3.63, 3.8) is 0 Å². The second kappa shape index (κ2) is 5.80. The molecular formula is C17H14N2S. The zero-order chi connectivity index (χ0) is 13.8. The van der Waals surface area contributed by atoms with Crippen molar-refractivity contribution in [3.05, 3.63) is 78.1 Å². The van der Waals surface area contributed by atoms with Gasteiger partial charge in [0, 0.05) is 11.8 Å². The molecule has 3 heteroatoms. The lowest BCUT2D eigenvalue weighted by molar-refractivity contribution is 0.884. The monoisotopic (exact) mass is 278 g/mol. The molecule has 0 atom stereocenters. The highest BCUT2D eigenvalue weighted by Crippen LogP contribution is 2.15. The van der Waals surface area contributed by atoms with E-state index in [1.165, 1.54) is 10.8 Å². The first-order valence-electron chi connectivity index (χ1n) is 6.50. The Morgan fingerprint density at radius 2 is 1.75 bits per heavy atom. The van der Waals surface area contributed by atoms with Gasteiger partial charge in [-0.3, -0.25) is 4.98 Å². The van der Waals surface area contributed by atoms with Crippen LogP contribution in [0.2, 0.25) is 0 Å². The summed E-state index contributed by atoms with van der Waals surface area (Å²) in [6.07, 6.45) is 1.79. The van der Waals surface area contributed by atoms with Crippen molar-refractivity contribution >= 4 is 28.0 Å².